The summed E-state index contributed by atoms with van der Waals surface area (Å²) in [5.74, 6) is 0.752. The number of benzene rings is 1. The Morgan fingerprint density at radius 2 is 2.06 bits per heavy atom. The Kier molecular flexibility index (Phi) is 3.40. The van der Waals surface area contributed by atoms with Crippen molar-refractivity contribution in [2.45, 2.75) is 13.5 Å². The standard InChI is InChI=1S/C14H15NO2/c1-10-3-5-12(8-15-10)13-6-4-11(9-16)7-14(13)17-2/h3-8,16H,9H2,1-2H3. The minimum atomic E-state index is 0.0167. The van der Waals surface area contributed by atoms with E-state index in [1.807, 2.05) is 43.5 Å². The normalized spacial score (nSPS) is 10.3. The average Bonchev–Trinajstić information content (AvgIpc) is 2.39. The fourth-order valence-electron chi connectivity index (χ4n) is 1.70. The predicted molar refractivity (Wildman–Crippen MR) is 66.9 cm³/mol. The summed E-state index contributed by atoms with van der Waals surface area (Å²) in [5, 5.41) is 9.09. The lowest BCUT2D eigenvalue weighted by Gasteiger charge is -2.10. The summed E-state index contributed by atoms with van der Waals surface area (Å²) >= 11 is 0. The molecule has 1 heterocycles. The van der Waals surface area contributed by atoms with Crippen molar-refractivity contribution in [1.29, 1.82) is 0 Å². The molecule has 0 saturated heterocycles. The van der Waals surface area contributed by atoms with E-state index >= 15 is 0 Å². The van der Waals surface area contributed by atoms with Gasteiger partial charge in [-0.1, -0.05) is 18.2 Å². The second-order valence-electron chi connectivity index (χ2n) is 3.88. The number of rotatable bonds is 3. The molecule has 0 saturated carbocycles. The summed E-state index contributed by atoms with van der Waals surface area (Å²) in [6.45, 7) is 1.97. The quantitative estimate of drug-likeness (QED) is 0.879. The molecule has 2 rings (SSSR count). The van der Waals surface area contributed by atoms with Crippen LogP contribution in [0.25, 0.3) is 11.1 Å². The van der Waals surface area contributed by atoms with Crippen molar-refractivity contribution in [3.63, 3.8) is 0 Å². The molecule has 1 aromatic heterocycles. The van der Waals surface area contributed by atoms with Gasteiger partial charge in [0, 0.05) is 23.0 Å². The molecule has 0 aliphatic rings. The number of aliphatic hydroxyl groups excluding tert-OH is 1. The van der Waals surface area contributed by atoms with Crippen molar-refractivity contribution >= 4 is 0 Å². The first-order valence-corrected chi connectivity index (χ1v) is 5.45. The Balaban J connectivity index is 2.47. The molecule has 1 N–H and O–H groups in total. The van der Waals surface area contributed by atoms with E-state index in [4.69, 9.17) is 9.84 Å². The second-order valence-corrected chi connectivity index (χ2v) is 3.88. The number of pyridine rings is 1. The van der Waals surface area contributed by atoms with Gasteiger partial charge in [-0.15, -0.1) is 0 Å². The second kappa shape index (κ2) is 4.97. The van der Waals surface area contributed by atoms with Crippen LogP contribution < -0.4 is 4.74 Å². The first kappa shape index (κ1) is 11.6. The maximum atomic E-state index is 9.09. The maximum Gasteiger partial charge on any atom is 0.127 e. The first-order chi connectivity index (χ1) is 8.24. The van der Waals surface area contributed by atoms with Crippen LogP contribution in [0, 0.1) is 6.92 Å². The fraction of sp³-hybridized carbons (Fsp3) is 0.214. The monoisotopic (exact) mass is 229 g/mol. The zero-order chi connectivity index (χ0) is 12.3. The third kappa shape index (κ3) is 2.45. The summed E-state index contributed by atoms with van der Waals surface area (Å²) in [4.78, 5) is 4.27. The predicted octanol–water partition coefficient (Wildman–Crippen LogP) is 2.56. The zero-order valence-corrected chi connectivity index (χ0v) is 9.97. The molecule has 88 valence electrons. The Bertz CT molecular complexity index is 506. The number of methoxy groups -OCH3 is 1. The lowest BCUT2D eigenvalue weighted by atomic mass is 10.0. The van der Waals surface area contributed by atoms with Gasteiger partial charge in [-0.3, -0.25) is 4.98 Å². The van der Waals surface area contributed by atoms with E-state index < -0.39 is 0 Å². The molecule has 0 amide bonds. The van der Waals surface area contributed by atoms with Crippen LogP contribution in [-0.2, 0) is 6.61 Å². The van der Waals surface area contributed by atoms with Crippen LogP contribution in [0.1, 0.15) is 11.3 Å². The van der Waals surface area contributed by atoms with Gasteiger partial charge in [-0.25, -0.2) is 0 Å². The molecule has 3 nitrogen and oxygen atoms in total. The molecule has 0 unspecified atom stereocenters. The summed E-state index contributed by atoms with van der Waals surface area (Å²) in [5.41, 5.74) is 3.82. The van der Waals surface area contributed by atoms with E-state index in [-0.39, 0.29) is 6.61 Å². The molecule has 0 radical (unpaired) electrons. The van der Waals surface area contributed by atoms with E-state index in [0.29, 0.717) is 0 Å². The smallest absolute Gasteiger partial charge is 0.127 e. The lowest BCUT2D eigenvalue weighted by molar-refractivity contribution is 0.281. The maximum absolute atomic E-state index is 9.09. The Morgan fingerprint density at radius 3 is 2.65 bits per heavy atom. The van der Waals surface area contributed by atoms with Gasteiger partial charge in [0.25, 0.3) is 0 Å². The van der Waals surface area contributed by atoms with E-state index in [0.717, 1.165) is 28.1 Å². The van der Waals surface area contributed by atoms with Crippen molar-refractivity contribution < 1.29 is 9.84 Å². The highest BCUT2D eigenvalue weighted by molar-refractivity contribution is 5.70. The topological polar surface area (TPSA) is 42.4 Å². The molecule has 0 spiro atoms. The molecular weight excluding hydrogens is 214 g/mol. The SMILES string of the molecule is COc1cc(CO)ccc1-c1ccc(C)nc1. The average molecular weight is 229 g/mol. The minimum absolute atomic E-state index is 0.0167. The first-order valence-electron chi connectivity index (χ1n) is 5.45. The van der Waals surface area contributed by atoms with Gasteiger partial charge in [-0.2, -0.15) is 0 Å². The van der Waals surface area contributed by atoms with Crippen molar-refractivity contribution in [1.82, 2.24) is 4.98 Å². The van der Waals surface area contributed by atoms with E-state index in [2.05, 4.69) is 4.98 Å². The number of aliphatic hydroxyl groups is 1. The number of hydrogen-bond acceptors (Lipinski definition) is 3. The van der Waals surface area contributed by atoms with E-state index in [9.17, 15) is 0 Å². The zero-order valence-electron chi connectivity index (χ0n) is 9.97. The molecule has 2 aromatic rings. The molecular formula is C14H15NO2. The van der Waals surface area contributed by atoms with Crippen LogP contribution in [0.3, 0.4) is 0 Å². The number of nitrogens with zero attached hydrogens (tertiary/aromatic N) is 1. The lowest BCUT2D eigenvalue weighted by Crippen LogP contribution is -1.92. The van der Waals surface area contributed by atoms with Gasteiger partial charge in [0.05, 0.1) is 13.7 Å². The van der Waals surface area contributed by atoms with Crippen molar-refractivity contribution in [3.8, 4) is 16.9 Å². The van der Waals surface area contributed by atoms with Crippen LogP contribution in [0.4, 0.5) is 0 Å². The third-order valence-corrected chi connectivity index (χ3v) is 2.67. The summed E-state index contributed by atoms with van der Waals surface area (Å²) in [7, 11) is 1.63. The molecule has 0 bridgehead atoms. The summed E-state index contributed by atoms with van der Waals surface area (Å²) in [6.07, 6.45) is 1.83. The van der Waals surface area contributed by atoms with Crippen LogP contribution in [0.15, 0.2) is 36.5 Å². The van der Waals surface area contributed by atoms with Crippen LogP contribution in [-0.4, -0.2) is 17.2 Å². The molecule has 0 aliphatic heterocycles. The Hall–Kier alpha value is -1.87. The molecule has 0 atom stereocenters. The van der Waals surface area contributed by atoms with Gasteiger partial charge >= 0.3 is 0 Å². The van der Waals surface area contributed by atoms with Gasteiger partial charge in [0.1, 0.15) is 5.75 Å². The van der Waals surface area contributed by atoms with E-state index in [1.165, 1.54) is 0 Å². The van der Waals surface area contributed by atoms with Crippen molar-refractivity contribution in [3.05, 3.63) is 47.8 Å². The van der Waals surface area contributed by atoms with Gasteiger partial charge in [0.2, 0.25) is 0 Å². The van der Waals surface area contributed by atoms with Gasteiger partial charge < -0.3 is 9.84 Å². The number of ether oxygens (including phenoxy) is 1. The summed E-state index contributed by atoms with van der Waals surface area (Å²) < 4.78 is 5.33. The van der Waals surface area contributed by atoms with Crippen molar-refractivity contribution in [2.24, 2.45) is 0 Å². The molecule has 17 heavy (non-hydrogen) atoms. The van der Waals surface area contributed by atoms with Crippen LogP contribution in [0.5, 0.6) is 5.75 Å². The Morgan fingerprint density at radius 1 is 1.24 bits per heavy atom. The molecule has 1 aromatic carbocycles. The van der Waals surface area contributed by atoms with Gasteiger partial charge in [0.15, 0.2) is 0 Å². The molecule has 0 aliphatic carbocycles. The van der Waals surface area contributed by atoms with Gasteiger partial charge in [-0.05, 0) is 24.6 Å². The van der Waals surface area contributed by atoms with Crippen LogP contribution in [0.2, 0.25) is 0 Å². The Labute approximate surface area is 101 Å². The number of aromatic nitrogens is 1. The third-order valence-electron chi connectivity index (χ3n) is 2.67. The molecule has 3 heteroatoms. The van der Waals surface area contributed by atoms with Crippen molar-refractivity contribution in [2.75, 3.05) is 7.11 Å². The highest BCUT2D eigenvalue weighted by atomic mass is 16.5. The minimum Gasteiger partial charge on any atom is -0.496 e. The highest BCUT2D eigenvalue weighted by Gasteiger charge is 2.06. The fourth-order valence-corrected chi connectivity index (χ4v) is 1.70. The number of hydrogen-bond donors (Lipinski definition) is 1. The van der Waals surface area contributed by atoms with Crippen LogP contribution >= 0.6 is 0 Å². The summed E-state index contributed by atoms with van der Waals surface area (Å²) in [6, 6.07) is 9.65. The molecule has 0 fully saturated rings. The number of aryl methyl sites for hydroxylation is 1. The highest BCUT2D eigenvalue weighted by Crippen LogP contribution is 2.30. The van der Waals surface area contributed by atoms with E-state index in [1.54, 1.807) is 7.11 Å². The largest absolute Gasteiger partial charge is 0.496 e.